The van der Waals surface area contributed by atoms with E-state index in [0.717, 1.165) is 47.2 Å². The van der Waals surface area contributed by atoms with E-state index in [2.05, 4.69) is 170 Å². The molecular formula is C51H40N4. The Morgan fingerprint density at radius 1 is 0.545 bits per heavy atom. The molecule has 0 saturated heterocycles. The highest BCUT2D eigenvalue weighted by atomic mass is 15.2. The lowest BCUT2D eigenvalue weighted by atomic mass is 9.87. The molecule has 0 fully saturated rings. The van der Waals surface area contributed by atoms with E-state index >= 15 is 0 Å². The van der Waals surface area contributed by atoms with Gasteiger partial charge >= 0.3 is 0 Å². The molecule has 2 heterocycles. The summed E-state index contributed by atoms with van der Waals surface area (Å²) in [6.45, 7) is 6.81. The van der Waals surface area contributed by atoms with Gasteiger partial charge in [0.15, 0.2) is 0 Å². The third-order valence-electron chi connectivity index (χ3n) is 11.3. The number of anilines is 5. The molecular weight excluding hydrogens is 669 g/mol. The number of benzene rings is 6. The van der Waals surface area contributed by atoms with Crippen LogP contribution in [-0.2, 0) is 6.42 Å². The minimum atomic E-state index is 0.881. The van der Waals surface area contributed by atoms with Crippen LogP contribution in [0.4, 0.5) is 28.7 Å². The molecule has 4 nitrogen and oxygen atoms in total. The average molecular weight is 709 g/mol. The van der Waals surface area contributed by atoms with Gasteiger partial charge in [-0.2, -0.15) is 0 Å². The van der Waals surface area contributed by atoms with Gasteiger partial charge in [0.05, 0.1) is 22.8 Å². The average Bonchev–Trinajstić information content (AvgIpc) is 4.09. The molecule has 4 heteroatoms. The quantitative estimate of drug-likeness (QED) is 0.154. The fraction of sp³-hybridized carbons (Fsp3) is 0.0980. The van der Waals surface area contributed by atoms with E-state index in [1.54, 1.807) is 0 Å². The molecule has 8 aromatic rings. The predicted octanol–water partition coefficient (Wildman–Crippen LogP) is 13.4. The van der Waals surface area contributed by atoms with Crippen molar-refractivity contribution in [2.24, 2.45) is 0 Å². The molecule has 6 aromatic carbocycles. The van der Waals surface area contributed by atoms with E-state index in [4.69, 9.17) is 9.97 Å². The van der Waals surface area contributed by atoms with Gasteiger partial charge in [0.2, 0.25) is 0 Å². The largest absolute Gasteiger partial charge is 0.294 e. The molecule has 0 bridgehead atoms. The normalized spacial score (nSPS) is 13.4. The summed E-state index contributed by atoms with van der Waals surface area (Å²) in [5.41, 5.74) is 13.4. The van der Waals surface area contributed by atoms with E-state index in [1.807, 2.05) is 24.5 Å². The van der Waals surface area contributed by atoms with Gasteiger partial charge in [0, 0.05) is 34.3 Å². The highest BCUT2D eigenvalue weighted by Crippen LogP contribution is 2.51. The second-order valence-corrected chi connectivity index (χ2v) is 14.7. The first-order chi connectivity index (χ1) is 27.1. The van der Waals surface area contributed by atoms with Crippen molar-refractivity contribution in [3.8, 4) is 0 Å². The summed E-state index contributed by atoms with van der Waals surface area (Å²) in [5, 5.41) is 7.40. The molecule has 55 heavy (non-hydrogen) atoms. The maximum absolute atomic E-state index is 5.02. The lowest BCUT2D eigenvalue weighted by Crippen LogP contribution is -2.19. The fourth-order valence-corrected chi connectivity index (χ4v) is 8.52. The topological polar surface area (TPSA) is 32.3 Å². The van der Waals surface area contributed by atoms with Gasteiger partial charge in [-0.25, -0.2) is 9.97 Å². The van der Waals surface area contributed by atoms with Crippen LogP contribution in [0.2, 0.25) is 0 Å². The van der Waals surface area contributed by atoms with Gasteiger partial charge in [-0.05, 0) is 132 Å². The predicted molar refractivity (Wildman–Crippen MR) is 232 cm³/mol. The summed E-state index contributed by atoms with van der Waals surface area (Å²) in [5.74, 6) is 1.78. The summed E-state index contributed by atoms with van der Waals surface area (Å²) in [7, 11) is 0. The van der Waals surface area contributed by atoms with E-state index in [0.29, 0.717) is 0 Å². The number of aryl methyl sites for hydroxylation is 3. The van der Waals surface area contributed by atoms with E-state index in [9.17, 15) is 0 Å². The van der Waals surface area contributed by atoms with Crippen molar-refractivity contribution in [2.45, 2.75) is 33.6 Å². The maximum Gasteiger partial charge on any atom is 0.137 e. The fourth-order valence-electron chi connectivity index (χ4n) is 8.52. The number of nitrogens with zero attached hydrogens (tertiary/aromatic N) is 4. The number of hydrogen-bond acceptors (Lipinski definition) is 4. The molecule has 0 aliphatic heterocycles. The van der Waals surface area contributed by atoms with E-state index < -0.39 is 0 Å². The van der Waals surface area contributed by atoms with Crippen molar-refractivity contribution in [3.63, 3.8) is 0 Å². The third kappa shape index (κ3) is 5.52. The second-order valence-electron chi connectivity index (χ2n) is 14.7. The lowest BCUT2D eigenvalue weighted by molar-refractivity contribution is 1.17. The maximum atomic E-state index is 5.02. The van der Waals surface area contributed by atoms with Gasteiger partial charge in [-0.3, -0.25) is 9.80 Å². The van der Waals surface area contributed by atoms with Crippen LogP contribution < -0.4 is 9.80 Å². The summed E-state index contributed by atoms with van der Waals surface area (Å²) >= 11 is 0. The number of aromatic nitrogens is 2. The Kier molecular flexibility index (Phi) is 7.92. The molecule has 2 aliphatic carbocycles. The Morgan fingerprint density at radius 3 is 2.02 bits per heavy atom. The first kappa shape index (κ1) is 32.8. The van der Waals surface area contributed by atoms with Crippen molar-refractivity contribution in [3.05, 3.63) is 197 Å². The Hall–Kier alpha value is -6.78. The third-order valence-corrected chi connectivity index (χ3v) is 11.3. The summed E-state index contributed by atoms with van der Waals surface area (Å²) in [4.78, 5) is 14.7. The van der Waals surface area contributed by atoms with Crippen LogP contribution in [0.15, 0.2) is 164 Å². The molecule has 0 saturated carbocycles. The van der Waals surface area contributed by atoms with Crippen LogP contribution >= 0.6 is 0 Å². The van der Waals surface area contributed by atoms with Gasteiger partial charge in [0.1, 0.15) is 11.6 Å². The Labute approximate surface area is 322 Å². The molecule has 0 unspecified atom stereocenters. The highest BCUT2D eigenvalue weighted by molar-refractivity contribution is 6.22. The van der Waals surface area contributed by atoms with Crippen molar-refractivity contribution >= 4 is 72.3 Å². The highest BCUT2D eigenvalue weighted by Gasteiger charge is 2.30. The minimum Gasteiger partial charge on any atom is -0.294 e. The smallest absolute Gasteiger partial charge is 0.137 e. The van der Waals surface area contributed by atoms with Gasteiger partial charge in [0.25, 0.3) is 0 Å². The molecule has 0 atom stereocenters. The molecule has 0 radical (unpaired) electrons. The first-order valence-corrected chi connectivity index (χ1v) is 19.1. The zero-order valence-electron chi connectivity index (χ0n) is 31.3. The molecule has 264 valence electrons. The molecule has 10 rings (SSSR count). The zero-order chi connectivity index (χ0) is 37.0. The number of pyridine rings is 2. The number of rotatable bonds is 7. The van der Waals surface area contributed by atoms with E-state index in [-0.39, 0.29) is 0 Å². The monoisotopic (exact) mass is 708 g/mol. The summed E-state index contributed by atoms with van der Waals surface area (Å²) in [6, 6.07) is 45.8. The number of allylic oxidation sites excluding steroid dienone is 5. The van der Waals surface area contributed by atoms with Gasteiger partial charge in [-0.15, -0.1) is 0 Å². The van der Waals surface area contributed by atoms with Gasteiger partial charge in [-0.1, -0.05) is 103 Å². The van der Waals surface area contributed by atoms with Crippen LogP contribution in [-0.4, -0.2) is 9.97 Å². The zero-order valence-corrected chi connectivity index (χ0v) is 31.3. The standard InChI is InChI=1S/C51H40N4/c1-33-31-45(54(47-23-10-12-29-52-47)44-22-14-18-37-16-5-8-20-41(37)44)42-28-27-39-34(2)32-46(50(38-25-26-38)51(39)49(42)35(33)3)55(48-24-11-13-30-53-48)43-21-9-6-17-36-15-4-7-19-40(36)43/h4-16,18-25,27-32H,17,26H2,1-3H3. The molecule has 0 N–H and O–H groups in total. The summed E-state index contributed by atoms with van der Waals surface area (Å²) < 4.78 is 0. The second kappa shape index (κ2) is 13.3. The molecule has 0 amide bonds. The molecule has 2 aromatic heterocycles. The van der Waals surface area contributed by atoms with Crippen molar-refractivity contribution < 1.29 is 0 Å². The SMILES string of the molecule is Cc1cc(N(c2ccccn2)c2cccc3ccccc23)c2ccc3c(C)cc(N(C4=CC=CCc5ccccc54)c4ccccn4)c(C4=CC4)c3c2c1C. The lowest BCUT2D eigenvalue weighted by Gasteiger charge is -2.31. The Balaban J connectivity index is 1.31. The van der Waals surface area contributed by atoms with Gasteiger partial charge < -0.3 is 0 Å². The van der Waals surface area contributed by atoms with Crippen molar-refractivity contribution in [1.82, 2.24) is 9.97 Å². The Bertz CT molecular complexity index is 2900. The minimum absolute atomic E-state index is 0.881. The van der Waals surface area contributed by atoms with Crippen LogP contribution in [0.25, 0.3) is 43.6 Å². The first-order valence-electron chi connectivity index (χ1n) is 19.1. The summed E-state index contributed by atoms with van der Waals surface area (Å²) in [6.07, 6.45) is 14.7. The number of hydrogen-bond donors (Lipinski definition) is 0. The molecule has 0 spiro atoms. The van der Waals surface area contributed by atoms with Crippen molar-refractivity contribution in [2.75, 3.05) is 9.80 Å². The van der Waals surface area contributed by atoms with Crippen LogP contribution in [0.3, 0.4) is 0 Å². The Morgan fingerprint density at radius 2 is 1.24 bits per heavy atom. The molecule has 2 aliphatic rings. The van der Waals surface area contributed by atoms with Crippen molar-refractivity contribution in [1.29, 1.82) is 0 Å². The van der Waals surface area contributed by atoms with Crippen LogP contribution in [0.1, 0.15) is 39.8 Å². The van der Waals surface area contributed by atoms with Crippen LogP contribution in [0, 0.1) is 20.8 Å². The number of fused-ring (bicyclic) bond motifs is 5. The van der Waals surface area contributed by atoms with Crippen LogP contribution in [0.5, 0.6) is 0 Å². The van der Waals surface area contributed by atoms with E-state index in [1.165, 1.54) is 71.3 Å².